The summed E-state index contributed by atoms with van der Waals surface area (Å²) in [6, 6.07) is 3.06. The van der Waals surface area contributed by atoms with Crippen LogP contribution in [0.3, 0.4) is 0 Å². The lowest BCUT2D eigenvalue weighted by molar-refractivity contribution is -0.138. The Balaban J connectivity index is 2.24. The molecule has 0 bridgehead atoms. The number of amides is 1. The minimum atomic E-state index is -4.93. The number of primary amides is 1. The number of aromatic nitrogens is 1. The lowest BCUT2D eigenvalue weighted by Crippen LogP contribution is -2.55. The van der Waals surface area contributed by atoms with Gasteiger partial charge in [-0.3, -0.25) is 19.1 Å². The van der Waals surface area contributed by atoms with E-state index in [0.29, 0.717) is 24.8 Å². The second kappa shape index (κ2) is 8.27. The quantitative estimate of drug-likeness (QED) is 0.650. The standard InChI is InChI=1S/C20H21BrF4N4O2/c1-10-7-28(8-11(2)27(10)3)16-6-15(22)14(21)5-17(16)29-9-12(19(26)31)13(4-18(29)30)20(23,24)25/h4-6,9-11H,7-8H2,1-3H3,(H2,26,31)/t10-,11+. The number of benzene rings is 1. The van der Waals surface area contributed by atoms with E-state index < -0.39 is 34.6 Å². The van der Waals surface area contributed by atoms with E-state index in [1.807, 2.05) is 25.8 Å². The van der Waals surface area contributed by atoms with Crippen molar-refractivity contribution in [1.82, 2.24) is 9.47 Å². The fourth-order valence-electron chi connectivity index (χ4n) is 3.73. The highest BCUT2D eigenvalue weighted by molar-refractivity contribution is 9.10. The molecule has 0 spiro atoms. The topological polar surface area (TPSA) is 71.6 Å². The molecule has 0 radical (unpaired) electrons. The van der Waals surface area contributed by atoms with E-state index in [1.165, 1.54) is 12.1 Å². The Morgan fingerprint density at radius 3 is 2.23 bits per heavy atom. The molecule has 11 heteroatoms. The largest absolute Gasteiger partial charge is 0.417 e. The molecule has 2 aromatic rings. The first-order valence-electron chi connectivity index (χ1n) is 9.41. The van der Waals surface area contributed by atoms with E-state index in [4.69, 9.17) is 5.73 Å². The van der Waals surface area contributed by atoms with Crippen LogP contribution in [-0.4, -0.2) is 47.6 Å². The molecule has 1 aromatic carbocycles. The number of likely N-dealkylation sites (N-methyl/N-ethyl adjacent to an activating group) is 1. The zero-order chi connectivity index (χ0) is 23.2. The van der Waals surface area contributed by atoms with Crippen LogP contribution in [0.1, 0.15) is 29.8 Å². The van der Waals surface area contributed by atoms with Crippen LogP contribution < -0.4 is 16.2 Å². The summed E-state index contributed by atoms with van der Waals surface area (Å²) in [6.45, 7) is 5.00. The van der Waals surface area contributed by atoms with Gasteiger partial charge in [-0.2, -0.15) is 13.2 Å². The van der Waals surface area contributed by atoms with Crippen LogP contribution in [0.15, 0.2) is 33.7 Å². The molecule has 1 aliphatic heterocycles. The van der Waals surface area contributed by atoms with Gasteiger partial charge in [-0.1, -0.05) is 0 Å². The summed E-state index contributed by atoms with van der Waals surface area (Å²) in [7, 11) is 1.97. The van der Waals surface area contributed by atoms with Crippen molar-refractivity contribution in [2.45, 2.75) is 32.1 Å². The van der Waals surface area contributed by atoms with Crippen molar-refractivity contribution in [3.63, 3.8) is 0 Å². The van der Waals surface area contributed by atoms with Crippen molar-refractivity contribution < 1.29 is 22.4 Å². The molecule has 1 saturated heterocycles. The van der Waals surface area contributed by atoms with Crippen LogP contribution >= 0.6 is 15.9 Å². The van der Waals surface area contributed by atoms with Crippen LogP contribution in [0.4, 0.5) is 23.2 Å². The van der Waals surface area contributed by atoms with Gasteiger partial charge < -0.3 is 10.6 Å². The first-order valence-corrected chi connectivity index (χ1v) is 10.2. The number of piperazine rings is 1. The second-order valence-corrected chi connectivity index (χ2v) is 8.55. The zero-order valence-electron chi connectivity index (χ0n) is 17.0. The predicted octanol–water partition coefficient (Wildman–Crippen LogP) is 3.39. The number of nitrogens with zero attached hydrogens (tertiary/aromatic N) is 3. The summed E-state index contributed by atoms with van der Waals surface area (Å²) < 4.78 is 55.3. The monoisotopic (exact) mass is 504 g/mol. The fraction of sp³-hybridized carbons (Fsp3) is 0.400. The van der Waals surface area contributed by atoms with Crippen LogP contribution in [0.5, 0.6) is 0 Å². The molecule has 2 heterocycles. The highest BCUT2D eigenvalue weighted by atomic mass is 79.9. The first kappa shape index (κ1) is 23.3. The molecule has 2 atom stereocenters. The Labute approximate surface area is 184 Å². The summed E-state index contributed by atoms with van der Waals surface area (Å²) in [5.41, 5.74) is 2.34. The summed E-state index contributed by atoms with van der Waals surface area (Å²) >= 11 is 3.06. The van der Waals surface area contributed by atoms with Gasteiger partial charge in [0.2, 0.25) is 0 Å². The normalized spacial score (nSPS) is 20.2. The molecular weight excluding hydrogens is 484 g/mol. The van der Waals surface area contributed by atoms with Gasteiger partial charge in [0.25, 0.3) is 11.5 Å². The number of carbonyl (C=O) groups is 1. The smallest absolute Gasteiger partial charge is 0.367 e. The molecule has 2 N–H and O–H groups in total. The van der Waals surface area contributed by atoms with Crippen molar-refractivity contribution in [1.29, 1.82) is 0 Å². The van der Waals surface area contributed by atoms with Gasteiger partial charge in [-0.25, -0.2) is 4.39 Å². The van der Waals surface area contributed by atoms with E-state index in [9.17, 15) is 27.2 Å². The Morgan fingerprint density at radius 1 is 1.13 bits per heavy atom. The van der Waals surface area contributed by atoms with Crippen molar-refractivity contribution in [2.24, 2.45) is 5.73 Å². The van der Waals surface area contributed by atoms with Gasteiger partial charge in [0.05, 0.1) is 27.0 Å². The lowest BCUT2D eigenvalue weighted by atomic mass is 10.1. The molecule has 0 unspecified atom stereocenters. The maximum atomic E-state index is 14.4. The van der Waals surface area contributed by atoms with Crippen molar-refractivity contribution in [3.8, 4) is 5.69 Å². The van der Waals surface area contributed by atoms with E-state index in [0.717, 1.165) is 10.8 Å². The van der Waals surface area contributed by atoms with Crippen LogP contribution in [0, 0.1) is 5.82 Å². The highest BCUT2D eigenvalue weighted by Gasteiger charge is 2.36. The molecule has 1 aliphatic rings. The number of pyridine rings is 1. The molecule has 1 fully saturated rings. The number of hydrogen-bond acceptors (Lipinski definition) is 4. The number of alkyl halides is 3. The maximum Gasteiger partial charge on any atom is 0.417 e. The first-order chi connectivity index (χ1) is 14.3. The van der Waals surface area contributed by atoms with E-state index >= 15 is 0 Å². The minimum absolute atomic E-state index is 0.0221. The Bertz CT molecular complexity index is 1070. The highest BCUT2D eigenvalue weighted by Crippen LogP contribution is 2.34. The average molecular weight is 505 g/mol. The minimum Gasteiger partial charge on any atom is -0.367 e. The molecule has 31 heavy (non-hydrogen) atoms. The zero-order valence-corrected chi connectivity index (χ0v) is 18.6. The van der Waals surface area contributed by atoms with Gasteiger partial charge in [0.1, 0.15) is 5.82 Å². The molecule has 1 aromatic heterocycles. The number of hydrogen-bond donors (Lipinski definition) is 1. The van der Waals surface area contributed by atoms with Crippen LogP contribution in [0.25, 0.3) is 5.69 Å². The van der Waals surface area contributed by atoms with Gasteiger partial charge in [0.15, 0.2) is 0 Å². The van der Waals surface area contributed by atoms with E-state index in [2.05, 4.69) is 20.8 Å². The summed E-state index contributed by atoms with van der Waals surface area (Å²) in [4.78, 5) is 28.4. The number of anilines is 1. The number of halogens is 5. The van der Waals surface area contributed by atoms with Crippen LogP contribution in [-0.2, 0) is 6.18 Å². The lowest BCUT2D eigenvalue weighted by Gasteiger charge is -2.44. The SMILES string of the molecule is C[C@@H]1CN(c2cc(F)c(Br)cc2-n2cc(C(N)=O)c(C(F)(F)F)cc2=O)C[C@H](C)N1C. The number of rotatable bonds is 3. The molecule has 168 valence electrons. The van der Waals surface area contributed by atoms with Gasteiger partial charge in [0, 0.05) is 43.5 Å². The summed E-state index contributed by atoms with van der Waals surface area (Å²) in [5.74, 6) is -1.92. The second-order valence-electron chi connectivity index (χ2n) is 7.69. The third-order valence-corrected chi connectivity index (χ3v) is 6.21. The summed E-state index contributed by atoms with van der Waals surface area (Å²) in [6.07, 6.45) is -4.17. The maximum absolute atomic E-state index is 14.4. The van der Waals surface area contributed by atoms with Gasteiger partial charge in [-0.05, 0) is 42.9 Å². The Kier molecular flexibility index (Phi) is 6.21. The van der Waals surface area contributed by atoms with Gasteiger partial charge >= 0.3 is 6.18 Å². The molecular formula is C20H21BrF4N4O2. The Hall–Kier alpha value is -2.40. The third-order valence-electron chi connectivity index (χ3n) is 5.60. The molecule has 3 rings (SSSR count). The van der Waals surface area contributed by atoms with Crippen molar-refractivity contribution >= 4 is 27.5 Å². The number of nitrogens with two attached hydrogens (primary N) is 1. The van der Waals surface area contributed by atoms with Crippen LogP contribution in [0.2, 0.25) is 0 Å². The predicted molar refractivity (Wildman–Crippen MR) is 112 cm³/mol. The number of carbonyl (C=O) groups excluding carboxylic acids is 1. The summed E-state index contributed by atoms with van der Waals surface area (Å²) in [5, 5.41) is 0. The fourth-order valence-corrected chi connectivity index (χ4v) is 4.06. The molecule has 1 amide bonds. The van der Waals surface area contributed by atoms with E-state index in [1.54, 1.807) is 0 Å². The van der Waals surface area contributed by atoms with Crippen molar-refractivity contribution in [2.75, 3.05) is 25.0 Å². The van der Waals surface area contributed by atoms with Gasteiger partial charge in [-0.15, -0.1) is 0 Å². The molecule has 0 aliphatic carbocycles. The Morgan fingerprint density at radius 2 is 1.71 bits per heavy atom. The van der Waals surface area contributed by atoms with Crippen molar-refractivity contribution in [3.05, 3.63) is 56.2 Å². The molecule has 6 nitrogen and oxygen atoms in total. The van der Waals surface area contributed by atoms with E-state index in [-0.39, 0.29) is 22.2 Å². The average Bonchev–Trinajstić information content (AvgIpc) is 2.66. The molecule has 0 saturated carbocycles. The third kappa shape index (κ3) is 4.47.